The van der Waals surface area contributed by atoms with Crippen LogP contribution in [0.1, 0.15) is 24.3 Å². The molecule has 98 valence electrons. The smallest absolute Gasteiger partial charge is 0.305 e. The van der Waals surface area contributed by atoms with Crippen molar-refractivity contribution in [1.29, 1.82) is 0 Å². The molecule has 0 aliphatic heterocycles. The largest absolute Gasteiger partial charge is 0.481 e. The Balaban J connectivity index is 2.85. The molecule has 4 N–H and O–H groups in total. The van der Waals surface area contributed by atoms with E-state index in [2.05, 4.69) is 0 Å². The Morgan fingerprint density at radius 1 is 1.22 bits per heavy atom. The Bertz CT molecular complexity index is 405. The number of benzene rings is 1. The summed E-state index contributed by atoms with van der Waals surface area (Å²) in [5, 5.41) is 17.6. The molecule has 0 heterocycles. The molecular weight excluding hydrogens is 234 g/mol. The van der Waals surface area contributed by atoms with Gasteiger partial charge in [-0.25, -0.2) is 0 Å². The predicted molar refractivity (Wildman–Crippen MR) is 66.1 cm³/mol. The maximum Gasteiger partial charge on any atom is 0.305 e. The Morgan fingerprint density at radius 3 is 2.33 bits per heavy atom. The van der Waals surface area contributed by atoms with Gasteiger partial charge < -0.3 is 15.9 Å². The number of aliphatic hydroxyl groups excluding tert-OH is 1. The summed E-state index contributed by atoms with van der Waals surface area (Å²) in [5.41, 5.74) is 6.32. The van der Waals surface area contributed by atoms with Gasteiger partial charge in [0.15, 0.2) is 5.78 Å². The molecule has 0 fully saturated rings. The minimum Gasteiger partial charge on any atom is -0.481 e. The second kappa shape index (κ2) is 6.88. The van der Waals surface area contributed by atoms with Crippen LogP contribution < -0.4 is 5.73 Å². The van der Waals surface area contributed by atoms with Crippen molar-refractivity contribution in [2.75, 3.05) is 6.61 Å². The molecule has 18 heavy (non-hydrogen) atoms. The summed E-state index contributed by atoms with van der Waals surface area (Å²) >= 11 is 0. The van der Waals surface area contributed by atoms with E-state index in [1.165, 1.54) is 0 Å². The lowest BCUT2D eigenvalue weighted by molar-refractivity contribution is -0.139. The molecule has 2 atom stereocenters. The number of hydrogen-bond acceptors (Lipinski definition) is 4. The number of hydrogen-bond donors (Lipinski definition) is 3. The number of carboxylic acids is 1. The van der Waals surface area contributed by atoms with Gasteiger partial charge in [-0.15, -0.1) is 0 Å². The average Bonchev–Trinajstić information content (AvgIpc) is 2.35. The van der Waals surface area contributed by atoms with Crippen LogP contribution in [-0.2, 0) is 9.59 Å². The molecule has 0 amide bonds. The van der Waals surface area contributed by atoms with Crippen LogP contribution in [0.5, 0.6) is 0 Å². The van der Waals surface area contributed by atoms with Gasteiger partial charge in [0.05, 0.1) is 12.5 Å². The van der Waals surface area contributed by atoms with E-state index in [1.807, 2.05) is 6.07 Å². The third kappa shape index (κ3) is 3.94. The highest BCUT2D eigenvalue weighted by Crippen LogP contribution is 2.22. The van der Waals surface area contributed by atoms with Gasteiger partial charge >= 0.3 is 5.97 Å². The highest BCUT2D eigenvalue weighted by Gasteiger charge is 2.26. The summed E-state index contributed by atoms with van der Waals surface area (Å²) in [6, 6.07) is 7.89. The molecule has 0 aliphatic rings. The van der Waals surface area contributed by atoms with E-state index < -0.39 is 24.3 Å². The van der Waals surface area contributed by atoms with E-state index >= 15 is 0 Å². The molecule has 5 heteroatoms. The van der Waals surface area contributed by atoms with Gasteiger partial charge in [-0.3, -0.25) is 9.59 Å². The molecule has 0 aromatic heterocycles. The minimum absolute atomic E-state index is 0.148. The van der Waals surface area contributed by atoms with Gasteiger partial charge in [0.1, 0.15) is 0 Å². The predicted octanol–water partition coefficient (Wildman–Crippen LogP) is 0.524. The fraction of sp³-hybridized carbons (Fsp3) is 0.385. The first-order chi connectivity index (χ1) is 8.56. The SMILES string of the molecule is N[C@H](CC(=O)O)C(=O)C(CCO)c1ccccc1. The summed E-state index contributed by atoms with van der Waals surface area (Å²) in [6.07, 6.45) is -0.149. The van der Waals surface area contributed by atoms with Crippen molar-refractivity contribution in [1.82, 2.24) is 0 Å². The van der Waals surface area contributed by atoms with E-state index in [4.69, 9.17) is 15.9 Å². The number of rotatable bonds is 7. The second-order valence-electron chi connectivity index (χ2n) is 4.08. The molecule has 1 aromatic carbocycles. The number of Topliss-reactive ketones (excluding diaryl/α,β-unsaturated/α-hetero) is 1. The van der Waals surface area contributed by atoms with Crippen LogP contribution in [0.2, 0.25) is 0 Å². The molecule has 5 nitrogen and oxygen atoms in total. The van der Waals surface area contributed by atoms with Crippen molar-refractivity contribution in [2.24, 2.45) is 5.73 Å². The van der Waals surface area contributed by atoms with E-state index in [1.54, 1.807) is 24.3 Å². The topological polar surface area (TPSA) is 101 Å². The van der Waals surface area contributed by atoms with Crippen LogP contribution in [0.25, 0.3) is 0 Å². The maximum absolute atomic E-state index is 12.1. The van der Waals surface area contributed by atoms with Crippen LogP contribution in [0.3, 0.4) is 0 Å². The number of nitrogens with two attached hydrogens (primary N) is 1. The lowest BCUT2D eigenvalue weighted by Crippen LogP contribution is -2.36. The van der Waals surface area contributed by atoms with E-state index in [9.17, 15) is 9.59 Å². The summed E-state index contributed by atoms with van der Waals surface area (Å²) in [6.45, 7) is -0.148. The molecule has 0 saturated heterocycles. The Hall–Kier alpha value is -1.72. The summed E-state index contributed by atoms with van der Waals surface area (Å²) in [7, 11) is 0. The third-order valence-corrected chi connectivity index (χ3v) is 2.72. The number of aliphatic carboxylic acids is 1. The van der Waals surface area contributed by atoms with Gasteiger partial charge in [-0.2, -0.15) is 0 Å². The molecule has 1 unspecified atom stereocenters. The first kappa shape index (κ1) is 14.3. The van der Waals surface area contributed by atoms with Crippen molar-refractivity contribution in [3.05, 3.63) is 35.9 Å². The molecule has 0 bridgehead atoms. The van der Waals surface area contributed by atoms with Crippen molar-refractivity contribution in [3.8, 4) is 0 Å². The van der Waals surface area contributed by atoms with Gasteiger partial charge in [0, 0.05) is 12.5 Å². The van der Waals surface area contributed by atoms with Crippen molar-refractivity contribution in [2.45, 2.75) is 24.8 Å². The number of ketones is 1. The van der Waals surface area contributed by atoms with E-state index in [0.29, 0.717) is 0 Å². The molecule has 0 aliphatic carbocycles. The average molecular weight is 251 g/mol. The second-order valence-corrected chi connectivity index (χ2v) is 4.08. The summed E-state index contributed by atoms with van der Waals surface area (Å²) in [5.74, 6) is -2.00. The number of aliphatic hydroxyl groups is 1. The molecule has 1 aromatic rings. The van der Waals surface area contributed by atoms with E-state index in [-0.39, 0.29) is 18.8 Å². The fourth-order valence-corrected chi connectivity index (χ4v) is 1.83. The molecule has 0 radical (unpaired) electrons. The van der Waals surface area contributed by atoms with Gasteiger partial charge in [-0.05, 0) is 12.0 Å². The highest BCUT2D eigenvalue weighted by molar-refractivity contribution is 5.92. The normalized spacial score (nSPS) is 13.9. The molecule has 0 spiro atoms. The quantitative estimate of drug-likeness (QED) is 0.656. The van der Waals surface area contributed by atoms with Crippen LogP contribution in [-0.4, -0.2) is 34.6 Å². The van der Waals surface area contributed by atoms with Gasteiger partial charge in [0.2, 0.25) is 0 Å². The molecule has 1 rings (SSSR count). The maximum atomic E-state index is 12.1. The molecular formula is C13H17NO4. The first-order valence-corrected chi connectivity index (χ1v) is 5.73. The van der Waals surface area contributed by atoms with E-state index in [0.717, 1.165) is 5.56 Å². The van der Waals surface area contributed by atoms with Crippen LogP contribution >= 0.6 is 0 Å². The van der Waals surface area contributed by atoms with Crippen molar-refractivity contribution < 1.29 is 19.8 Å². The number of carbonyl (C=O) groups is 2. The summed E-state index contributed by atoms with van der Waals surface area (Å²) in [4.78, 5) is 22.6. The Labute approximate surface area is 105 Å². The van der Waals surface area contributed by atoms with Crippen LogP contribution in [0.15, 0.2) is 30.3 Å². The number of carbonyl (C=O) groups excluding carboxylic acids is 1. The zero-order chi connectivity index (χ0) is 13.5. The number of carboxylic acid groups (broad SMARTS) is 1. The Morgan fingerprint density at radius 2 is 1.83 bits per heavy atom. The van der Waals surface area contributed by atoms with Crippen LogP contribution in [0.4, 0.5) is 0 Å². The summed E-state index contributed by atoms with van der Waals surface area (Å²) < 4.78 is 0. The monoisotopic (exact) mass is 251 g/mol. The van der Waals surface area contributed by atoms with Gasteiger partial charge in [-0.1, -0.05) is 30.3 Å². The van der Waals surface area contributed by atoms with Crippen molar-refractivity contribution in [3.63, 3.8) is 0 Å². The third-order valence-electron chi connectivity index (χ3n) is 2.72. The van der Waals surface area contributed by atoms with Crippen molar-refractivity contribution >= 4 is 11.8 Å². The zero-order valence-electron chi connectivity index (χ0n) is 9.95. The lowest BCUT2D eigenvalue weighted by atomic mass is 9.87. The fourth-order valence-electron chi connectivity index (χ4n) is 1.83. The van der Waals surface area contributed by atoms with Crippen LogP contribution in [0, 0.1) is 0 Å². The minimum atomic E-state index is -1.10. The van der Waals surface area contributed by atoms with Gasteiger partial charge in [0.25, 0.3) is 0 Å². The zero-order valence-corrected chi connectivity index (χ0v) is 9.95. The first-order valence-electron chi connectivity index (χ1n) is 5.73. The molecule has 0 saturated carbocycles. The standard InChI is InChI=1S/C13H17NO4/c14-11(8-12(16)17)13(18)10(6-7-15)9-4-2-1-3-5-9/h1-5,10-11,15H,6-8,14H2,(H,16,17)/t10?,11-/m1/s1. The highest BCUT2D eigenvalue weighted by atomic mass is 16.4. The Kier molecular flexibility index (Phi) is 5.48. The lowest BCUT2D eigenvalue weighted by Gasteiger charge is -2.18.